The van der Waals surface area contributed by atoms with Crippen LogP contribution < -0.4 is 0 Å². The summed E-state index contributed by atoms with van der Waals surface area (Å²) in [7, 11) is 1.66. The zero-order chi connectivity index (χ0) is 11.6. The van der Waals surface area contributed by atoms with Crippen LogP contribution >= 0.6 is 11.8 Å². The van der Waals surface area contributed by atoms with E-state index in [0.29, 0.717) is 25.4 Å². The minimum atomic E-state index is 0.638. The van der Waals surface area contributed by atoms with E-state index in [1.165, 1.54) is 0 Å². The SMILES string of the molecule is COCCOCCSc1ccc(C=O)cc1. The lowest BCUT2D eigenvalue weighted by molar-refractivity contribution is 0.0790. The van der Waals surface area contributed by atoms with Crippen molar-refractivity contribution in [3.8, 4) is 0 Å². The van der Waals surface area contributed by atoms with E-state index in [4.69, 9.17) is 9.47 Å². The third-order valence-corrected chi connectivity index (χ3v) is 2.92. The van der Waals surface area contributed by atoms with Gasteiger partial charge in [0.25, 0.3) is 0 Å². The van der Waals surface area contributed by atoms with Gasteiger partial charge in [0.05, 0.1) is 19.8 Å². The fraction of sp³-hybridized carbons (Fsp3) is 0.417. The number of rotatable bonds is 8. The lowest BCUT2D eigenvalue weighted by Gasteiger charge is -2.03. The van der Waals surface area contributed by atoms with Gasteiger partial charge in [-0.25, -0.2) is 0 Å². The van der Waals surface area contributed by atoms with Gasteiger partial charge in [-0.15, -0.1) is 11.8 Å². The molecule has 3 nitrogen and oxygen atoms in total. The van der Waals surface area contributed by atoms with Crippen molar-refractivity contribution < 1.29 is 14.3 Å². The number of carbonyl (C=O) groups is 1. The van der Waals surface area contributed by atoms with Crippen LogP contribution in [0.15, 0.2) is 29.2 Å². The summed E-state index contributed by atoms with van der Waals surface area (Å²) in [6.07, 6.45) is 0.850. The van der Waals surface area contributed by atoms with Crippen molar-refractivity contribution in [2.24, 2.45) is 0 Å². The molecule has 0 radical (unpaired) electrons. The molecule has 0 atom stereocenters. The first-order valence-electron chi connectivity index (χ1n) is 5.11. The molecule has 16 heavy (non-hydrogen) atoms. The second-order valence-electron chi connectivity index (χ2n) is 3.14. The quantitative estimate of drug-likeness (QED) is 0.396. The number of methoxy groups -OCH3 is 1. The van der Waals surface area contributed by atoms with Gasteiger partial charge in [0.1, 0.15) is 6.29 Å². The summed E-state index contributed by atoms with van der Waals surface area (Å²) in [6, 6.07) is 7.54. The topological polar surface area (TPSA) is 35.5 Å². The largest absolute Gasteiger partial charge is 0.382 e. The molecule has 0 aliphatic carbocycles. The molecule has 1 rings (SSSR count). The van der Waals surface area contributed by atoms with Gasteiger partial charge in [0, 0.05) is 23.3 Å². The zero-order valence-electron chi connectivity index (χ0n) is 9.35. The van der Waals surface area contributed by atoms with E-state index in [0.717, 1.165) is 16.9 Å². The van der Waals surface area contributed by atoms with Gasteiger partial charge in [-0.1, -0.05) is 12.1 Å². The highest BCUT2D eigenvalue weighted by Crippen LogP contribution is 2.17. The second-order valence-corrected chi connectivity index (χ2v) is 4.31. The lowest BCUT2D eigenvalue weighted by atomic mass is 10.2. The number of carbonyl (C=O) groups excluding carboxylic acids is 1. The first-order valence-corrected chi connectivity index (χ1v) is 6.10. The molecule has 0 amide bonds. The van der Waals surface area contributed by atoms with Crippen LogP contribution in [0, 0.1) is 0 Å². The summed E-state index contributed by atoms with van der Waals surface area (Å²) in [4.78, 5) is 11.6. The fourth-order valence-electron chi connectivity index (χ4n) is 1.11. The minimum absolute atomic E-state index is 0.638. The Bertz CT molecular complexity index is 298. The summed E-state index contributed by atoms with van der Waals surface area (Å²) in [6.45, 7) is 1.99. The maximum Gasteiger partial charge on any atom is 0.150 e. The van der Waals surface area contributed by atoms with Gasteiger partial charge >= 0.3 is 0 Å². The Balaban J connectivity index is 2.14. The summed E-state index contributed by atoms with van der Waals surface area (Å²) >= 11 is 1.72. The van der Waals surface area contributed by atoms with Crippen molar-refractivity contribution >= 4 is 18.0 Å². The van der Waals surface area contributed by atoms with Gasteiger partial charge < -0.3 is 9.47 Å². The molecule has 88 valence electrons. The third-order valence-electron chi connectivity index (χ3n) is 1.94. The average Bonchev–Trinajstić information content (AvgIpc) is 2.34. The molecule has 0 bridgehead atoms. The number of aldehydes is 1. The van der Waals surface area contributed by atoms with Gasteiger partial charge in [-0.3, -0.25) is 4.79 Å². The van der Waals surface area contributed by atoms with Crippen LogP contribution in [0.3, 0.4) is 0 Å². The van der Waals surface area contributed by atoms with E-state index in [9.17, 15) is 4.79 Å². The Hall–Kier alpha value is -0.840. The smallest absolute Gasteiger partial charge is 0.150 e. The zero-order valence-corrected chi connectivity index (χ0v) is 10.2. The fourth-order valence-corrected chi connectivity index (χ4v) is 1.87. The van der Waals surface area contributed by atoms with E-state index in [1.807, 2.05) is 24.3 Å². The van der Waals surface area contributed by atoms with Crippen molar-refractivity contribution in [2.45, 2.75) is 4.90 Å². The third kappa shape index (κ3) is 5.30. The molecule has 0 N–H and O–H groups in total. The number of hydrogen-bond donors (Lipinski definition) is 0. The van der Waals surface area contributed by atoms with Crippen molar-refractivity contribution in [1.82, 2.24) is 0 Å². The summed E-state index contributed by atoms with van der Waals surface area (Å²) in [5.74, 6) is 0.907. The molecule has 1 aromatic rings. The summed E-state index contributed by atoms with van der Waals surface area (Å²) < 4.78 is 10.2. The molecular weight excluding hydrogens is 224 g/mol. The van der Waals surface area contributed by atoms with Crippen LogP contribution in [-0.2, 0) is 9.47 Å². The van der Waals surface area contributed by atoms with E-state index < -0.39 is 0 Å². The van der Waals surface area contributed by atoms with Crippen molar-refractivity contribution in [1.29, 1.82) is 0 Å². The predicted molar refractivity (Wildman–Crippen MR) is 65.2 cm³/mol. The number of ether oxygens (including phenoxy) is 2. The summed E-state index contributed by atoms with van der Waals surface area (Å²) in [5, 5.41) is 0. The monoisotopic (exact) mass is 240 g/mol. The molecule has 0 aliphatic rings. The van der Waals surface area contributed by atoms with Gasteiger partial charge in [-0.2, -0.15) is 0 Å². The van der Waals surface area contributed by atoms with Crippen LogP contribution in [0.5, 0.6) is 0 Å². The predicted octanol–water partition coefficient (Wildman–Crippen LogP) is 2.25. The molecule has 0 saturated carbocycles. The highest BCUT2D eigenvalue weighted by atomic mass is 32.2. The van der Waals surface area contributed by atoms with Crippen LogP contribution in [-0.4, -0.2) is 39.0 Å². The molecule has 0 unspecified atom stereocenters. The first-order chi connectivity index (χ1) is 7.86. The van der Waals surface area contributed by atoms with Crippen molar-refractivity contribution in [3.05, 3.63) is 29.8 Å². The lowest BCUT2D eigenvalue weighted by Crippen LogP contribution is -2.04. The maximum absolute atomic E-state index is 10.4. The Kier molecular flexibility index (Phi) is 6.88. The van der Waals surface area contributed by atoms with Crippen LogP contribution in [0.4, 0.5) is 0 Å². The minimum Gasteiger partial charge on any atom is -0.382 e. The van der Waals surface area contributed by atoms with Crippen molar-refractivity contribution in [2.75, 3.05) is 32.7 Å². The molecule has 0 heterocycles. The van der Waals surface area contributed by atoms with Gasteiger partial charge in [0.2, 0.25) is 0 Å². The molecular formula is C12H16O3S. The van der Waals surface area contributed by atoms with E-state index in [-0.39, 0.29) is 0 Å². The molecule has 0 saturated heterocycles. The van der Waals surface area contributed by atoms with Crippen LogP contribution in [0.25, 0.3) is 0 Å². The van der Waals surface area contributed by atoms with E-state index in [2.05, 4.69) is 0 Å². The Morgan fingerprint density at radius 1 is 1.19 bits per heavy atom. The highest BCUT2D eigenvalue weighted by Gasteiger charge is 1.95. The Labute approximate surface area is 100 Å². The van der Waals surface area contributed by atoms with Gasteiger partial charge in [-0.05, 0) is 12.1 Å². The second kappa shape index (κ2) is 8.33. The standard InChI is InChI=1S/C12H16O3S/c1-14-6-7-15-8-9-16-12-4-2-11(10-13)3-5-12/h2-5,10H,6-9H2,1H3. The summed E-state index contributed by atoms with van der Waals surface area (Å²) in [5.41, 5.74) is 0.709. The molecule has 0 fully saturated rings. The first kappa shape index (κ1) is 13.2. The highest BCUT2D eigenvalue weighted by molar-refractivity contribution is 7.99. The van der Waals surface area contributed by atoms with Gasteiger partial charge in [0.15, 0.2) is 0 Å². The van der Waals surface area contributed by atoms with E-state index >= 15 is 0 Å². The maximum atomic E-state index is 10.4. The molecule has 1 aromatic carbocycles. The molecule has 0 spiro atoms. The normalized spacial score (nSPS) is 10.3. The number of hydrogen-bond acceptors (Lipinski definition) is 4. The van der Waals surface area contributed by atoms with Crippen LogP contribution in [0.2, 0.25) is 0 Å². The Morgan fingerprint density at radius 2 is 1.94 bits per heavy atom. The Morgan fingerprint density at radius 3 is 2.56 bits per heavy atom. The molecule has 0 aromatic heterocycles. The van der Waals surface area contributed by atoms with E-state index in [1.54, 1.807) is 18.9 Å². The molecule has 4 heteroatoms. The average molecular weight is 240 g/mol. The number of thioether (sulfide) groups is 1. The van der Waals surface area contributed by atoms with Crippen LogP contribution in [0.1, 0.15) is 10.4 Å². The number of benzene rings is 1. The molecule has 0 aliphatic heterocycles. The van der Waals surface area contributed by atoms with Crippen molar-refractivity contribution in [3.63, 3.8) is 0 Å².